The predicted molar refractivity (Wildman–Crippen MR) is 93.7 cm³/mol. The van der Waals surface area contributed by atoms with Gasteiger partial charge in [0.1, 0.15) is 12.1 Å². The van der Waals surface area contributed by atoms with Gasteiger partial charge in [0.05, 0.1) is 25.1 Å². The summed E-state index contributed by atoms with van der Waals surface area (Å²) in [5.74, 6) is 2.12. The number of carbonyl (C=O) groups is 1. The predicted octanol–water partition coefficient (Wildman–Crippen LogP) is 3.75. The lowest BCUT2D eigenvalue weighted by atomic mass is 10.1. The topological polar surface area (TPSA) is 70.5 Å². The van der Waals surface area contributed by atoms with Gasteiger partial charge >= 0.3 is 0 Å². The molecule has 3 aromatic rings. The van der Waals surface area contributed by atoms with Crippen molar-refractivity contribution < 1.29 is 19.0 Å². The van der Waals surface area contributed by atoms with Crippen LogP contribution in [0, 0.1) is 0 Å². The number of aromatic nitrogens is 2. The summed E-state index contributed by atoms with van der Waals surface area (Å²) < 4.78 is 16.5. The van der Waals surface area contributed by atoms with E-state index in [1.165, 1.54) is 6.33 Å². The fraction of sp³-hybridized carbons (Fsp3) is 0.167. The first kappa shape index (κ1) is 17.0. The van der Waals surface area contributed by atoms with Crippen LogP contribution >= 0.6 is 11.6 Å². The van der Waals surface area contributed by atoms with Crippen molar-refractivity contribution in [3.63, 3.8) is 0 Å². The number of benzene rings is 2. The second-order valence-electron chi connectivity index (χ2n) is 5.18. The number of hydrogen-bond donors (Lipinski definition) is 0. The van der Waals surface area contributed by atoms with Gasteiger partial charge in [-0.05, 0) is 35.4 Å². The third kappa shape index (κ3) is 3.80. The van der Waals surface area contributed by atoms with Crippen molar-refractivity contribution in [1.29, 1.82) is 0 Å². The Hall–Kier alpha value is -2.86. The second-order valence-corrected chi connectivity index (χ2v) is 5.60. The van der Waals surface area contributed by atoms with Gasteiger partial charge < -0.3 is 14.2 Å². The van der Waals surface area contributed by atoms with Gasteiger partial charge in [0, 0.05) is 12.5 Å². The Balaban J connectivity index is 1.94. The third-order valence-corrected chi connectivity index (χ3v) is 3.72. The molecule has 2 aromatic carbocycles. The highest BCUT2D eigenvalue weighted by atomic mass is 35.5. The molecule has 0 fully saturated rings. The number of carbonyl (C=O) groups excluding carboxylic acids is 1. The van der Waals surface area contributed by atoms with Gasteiger partial charge in [0.25, 0.3) is 0 Å². The average molecular weight is 359 g/mol. The second kappa shape index (κ2) is 7.36. The van der Waals surface area contributed by atoms with Crippen LogP contribution in [0.2, 0.25) is 0 Å². The zero-order valence-corrected chi connectivity index (χ0v) is 14.4. The Morgan fingerprint density at radius 1 is 1.04 bits per heavy atom. The molecular formula is C18H15ClN2O4. The third-order valence-electron chi connectivity index (χ3n) is 3.59. The van der Waals surface area contributed by atoms with E-state index in [0.717, 1.165) is 5.56 Å². The van der Waals surface area contributed by atoms with Crippen molar-refractivity contribution >= 4 is 27.7 Å². The molecule has 6 nitrogen and oxygen atoms in total. The Labute approximate surface area is 149 Å². The van der Waals surface area contributed by atoms with E-state index >= 15 is 0 Å². The fourth-order valence-electron chi connectivity index (χ4n) is 2.39. The van der Waals surface area contributed by atoms with Crippen LogP contribution in [-0.4, -0.2) is 29.4 Å². The maximum atomic E-state index is 10.9. The van der Waals surface area contributed by atoms with E-state index in [-0.39, 0.29) is 6.42 Å². The fourth-order valence-corrected chi connectivity index (χ4v) is 2.54. The lowest BCUT2D eigenvalue weighted by molar-refractivity contribution is -0.111. The molecule has 7 heteroatoms. The lowest BCUT2D eigenvalue weighted by Gasteiger charge is -2.11. The van der Waals surface area contributed by atoms with Crippen LogP contribution in [0.4, 0.5) is 0 Å². The molecule has 0 saturated heterocycles. The Kier molecular flexibility index (Phi) is 5.00. The van der Waals surface area contributed by atoms with Crippen molar-refractivity contribution in [3.8, 4) is 23.1 Å². The summed E-state index contributed by atoms with van der Waals surface area (Å²) in [4.78, 5) is 19.4. The molecule has 25 heavy (non-hydrogen) atoms. The maximum Gasteiger partial charge on any atom is 0.230 e. The molecule has 1 aromatic heterocycles. The summed E-state index contributed by atoms with van der Waals surface area (Å²) in [5, 5.41) is 0.289. The minimum atomic E-state index is -0.406. The van der Waals surface area contributed by atoms with Crippen LogP contribution in [0.1, 0.15) is 5.56 Å². The summed E-state index contributed by atoms with van der Waals surface area (Å²) in [6.45, 7) is 0. The molecule has 0 spiro atoms. The normalized spacial score (nSPS) is 10.5. The molecule has 0 bridgehead atoms. The lowest BCUT2D eigenvalue weighted by Crippen LogP contribution is -1.96. The van der Waals surface area contributed by atoms with E-state index in [9.17, 15) is 4.79 Å². The zero-order valence-electron chi connectivity index (χ0n) is 13.7. The van der Waals surface area contributed by atoms with E-state index in [4.69, 9.17) is 25.8 Å². The summed E-state index contributed by atoms with van der Waals surface area (Å²) in [6, 6.07) is 10.6. The van der Waals surface area contributed by atoms with Crippen LogP contribution in [0.5, 0.6) is 23.1 Å². The largest absolute Gasteiger partial charge is 0.493 e. The van der Waals surface area contributed by atoms with Crippen molar-refractivity contribution in [2.75, 3.05) is 14.2 Å². The van der Waals surface area contributed by atoms with E-state index in [1.54, 1.807) is 50.6 Å². The Bertz CT molecular complexity index is 913. The molecule has 0 aliphatic heterocycles. The molecule has 0 unspecified atom stereocenters. The number of hydrogen-bond acceptors (Lipinski definition) is 6. The van der Waals surface area contributed by atoms with E-state index in [2.05, 4.69) is 9.97 Å². The highest BCUT2D eigenvalue weighted by Crippen LogP contribution is 2.35. The zero-order chi connectivity index (χ0) is 17.8. The smallest absolute Gasteiger partial charge is 0.230 e. The molecule has 1 heterocycles. The highest BCUT2D eigenvalue weighted by Gasteiger charge is 2.12. The number of halogens is 1. The molecule has 0 aliphatic carbocycles. The van der Waals surface area contributed by atoms with Crippen LogP contribution in [0.25, 0.3) is 10.9 Å². The quantitative estimate of drug-likeness (QED) is 0.625. The summed E-state index contributed by atoms with van der Waals surface area (Å²) >= 11 is 5.39. The SMILES string of the molecule is COc1cc2ncnc(Oc3ccc(CC(=O)Cl)cc3)c2cc1OC. The van der Waals surface area contributed by atoms with Crippen LogP contribution < -0.4 is 14.2 Å². The molecule has 0 radical (unpaired) electrons. The van der Waals surface area contributed by atoms with Gasteiger partial charge in [-0.1, -0.05) is 12.1 Å². The van der Waals surface area contributed by atoms with Gasteiger partial charge in [-0.2, -0.15) is 0 Å². The van der Waals surface area contributed by atoms with Crippen LogP contribution in [0.15, 0.2) is 42.7 Å². The van der Waals surface area contributed by atoms with Gasteiger partial charge in [-0.25, -0.2) is 9.97 Å². The standard InChI is InChI=1S/C18H15ClN2O4/c1-23-15-8-13-14(9-16(15)24-2)20-10-21-18(13)25-12-5-3-11(4-6-12)7-17(19)22/h3-6,8-10H,7H2,1-2H3. The van der Waals surface area contributed by atoms with Gasteiger partial charge in [0.15, 0.2) is 11.5 Å². The number of rotatable bonds is 6. The molecule has 0 N–H and O–H groups in total. The van der Waals surface area contributed by atoms with Gasteiger partial charge in [-0.3, -0.25) is 4.79 Å². The van der Waals surface area contributed by atoms with Crippen molar-refractivity contribution in [2.45, 2.75) is 6.42 Å². The summed E-state index contributed by atoms with van der Waals surface area (Å²) in [6.07, 6.45) is 1.60. The summed E-state index contributed by atoms with van der Waals surface area (Å²) in [7, 11) is 3.13. The van der Waals surface area contributed by atoms with E-state index < -0.39 is 5.24 Å². The average Bonchev–Trinajstić information content (AvgIpc) is 2.62. The maximum absolute atomic E-state index is 10.9. The Morgan fingerprint density at radius 3 is 2.36 bits per heavy atom. The molecule has 0 atom stereocenters. The summed E-state index contributed by atoms with van der Waals surface area (Å²) in [5.41, 5.74) is 1.48. The van der Waals surface area contributed by atoms with E-state index in [1.807, 2.05) is 0 Å². The number of fused-ring (bicyclic) bond motifs is 1. The van der Waals surface area contributed by atoms with E-state index in [0.29, 0.717) is 34.0 Å². The number of methoxy groups -OCH3 is 2. The number of ether oxygens (including phenoxy) is 3. The molecule has 0 amide bonds. The molecular weight excluding hydrogens is 344 g/mol. The van der Waals surface area contributed by atoms with Crippen LogP contribution in [-0.2, 0) is 11.2 Å². The van der Waals surface area contributed by atoms with Crippen LogP contribution in [0.3, 0.4) is 0 Å². The first-order valence-corrected chi connectivity index (χ1v) is 7.80. The molecule has 3 rings (SSSR count). The van der Waals surface area contributed by atoms with Gasteiger partial charge in [0.2, 0.25) is 11.1 Å². The monoisotopic (exact) mass is 358 g/mol. The van der Waals surface area contributed by atoms with Crippen molar-refractivity contribution in [2.24, 2.45) is 0 Å². The molecule has 0 saturated carbocycles. The first-order chi connectivity index (χ1) is 12.1. The van der Waals surface area contributed by atoms with Crippen molar-refractivity contribution in [3.05, 3.63) is 48.3 Å². The van der Waals surface area contributed by atoms with Gasteiger partial charge in [-0.15, -0.1) is 0 Å². The molecule has 128 valence electrons. The number of nitrogens with zero attached hydrogens (tertiary/aromatic N) is 2. The minimum Gasteiger partial charge on any atom is -0.493 e. The molecule has 0 aliphatic rings. The highest BCUT2D eigenvalue weighted by molar-refractivity contribution is 6.63. The first-order valence-electron chi connectivity index (χ1n) is 7.42. The Morgan fingerprint density at radius 2 is 1.72 bits per heavy atom. The van der Waals surface area contributed by atoms with Crippen molar-refractivity contribution in [1.82, 2.24) is 9.97 Å². The minimum absolute atomic E-state index is 0.176.